The zero-order valence-corrected chi connectivity index (χ0v) is 20.4. The number of anilines is 1. The molecule has 2 aromatic carbocycles. The van der Waals surface area contributed by atoms with Crippen molar-refractivity contribution in [3.8, 4) is 0 Å². The summed E-state index contributed by atoms with van der Waals surface area (Å²) in [6.07, 6.45) is 0. The van der Waals surface area contributed by atoms with E-state index in [1.807, 2.05) is 31.2 Å². The van der Waals surface area contributed by atoms with Crippen LogP contribution in [0.1, 0.15) is 25.0 Å². The van der Waals surface area contributed by atoms with Crippen LogP contribution in [0.15, 0.2) is 48.5 Å². The SMILES string of the molecule is CCNC(=O)[C@H](C)N(Cc1cccc(C)c1)C(=O)CN(c1ccc(F)cc1)S(=O)(=O)N(C)C. The minimum Gasteiger partial charge on any atom is -0.355 e. The molecule has 8 nitrogen and oxygen atoms in total. The van der Waals surface area contributed by atoms with Crippen LogP contribution in [0.25, 0.3) is 0 Å². The fraction of sp³-hybridized carbons (Fsp3) is 0.391. The van der Waals surface area contributed by atoms with Gasteiger partial charge in [0.25, 0.3) is 0 Å². The van der Waals surface area contributed by atoms with Crippen LogP contribution < -0.4 is 9.62 Å². The minimum atomic E-state index is -4.07. The summed E-state index contributed by atoms with van der Waals surface area (Å²) in [4.78, 5) is 27.4. The Bertz CT molecular complexity index is 1070. The van der Waals surface area contributed by atoms with E-state index in [4.69, 9.17) is 0 Å². The first-order valence-electron chi connectivity index (χ1n) is 10.6. The highest BCUT2D eigenvalue weighted by Crippen LogP contribution is 2.21. The summed E-state index contributed by atoms with van der Waals surface area (Å²) < 4.78 is 41.3. The summed E-state index contributed by atoms with van der Waals surface area (Å²) in [6, 6.07) is 11.5. The number of rotatable bonds is 10. The molecule has 1 N–H and O–H groups in total. The van der Waals surface area contributed by atoms with Crippen LogP contribution >= 0.6 is 0 Å². The maximum Gasteiger partial charge on any atom is 0.304 e. The molecule has 33 heavy (non-hydrogen) atoms. The molecule has 0 aromatic heterocycles. The Morgan fingerprint density at radius 1 is 1.09 bits per heavy atom. The van der Waals surface area contributed by atoms with Gasteiger partial charge in [-0.1, -0.05) is 29.8 Å². The van der Waals surface area contributed by atoms with Gasteiger partial charge >= 0.3 is 10.2 Å². The zero-order valence-electron chi connectivity index (χ0n) is 19.6. The van der Waals surface area contributed by atoms with Gasteiger partial charge in [0.15, 0.2) is 0 Å². The molecule has 0 spiro atoms. The van der Waals surface area contributed by atoms with Crippen molar-refractivity contribution < 1.29 is 22.4 Å². The molecular weight excluding hydrogens is 447 g/mol. The Morgan fingerprint density at radius 3 is 2.27 bits per heavy atom. The van der Waals surface area contributed by atoms with Crippen LogP contribution in [0, 0.1) is 12.7 Å². The average molecular weight is 479 g/mol. The third-order valence-corrected chi connectivity index (χ3v) is 6.91. The third-order valence-electron chi connectivity index (χ3n) is 5.09. The van der Waals surface area contributed by atoms with E-state index in [1.54, 1.807) is 13.8 Å². The summed E-state index contributed by atoms with van der Waals surface area (Å²) in [7, 11) is -1.38. The molecule has 0 unspecified atom stereocenters. The molecule has 2 rings (SSSR count). The highest BCUT2D eigenvalue weighted by molar-refractivity contribution is 7.90. The van der Waals surface area contributed by atoms with Crippen molar-refractivity contribution in [2.45, 2.75) is 33.4 Å². The molecule has 0 bridgehead atoms. The molecule has 2 aromatic rings. The largest absolute Gasteiger partial charge is 0.355 e. The monoisotopic (exact) mass is 478 g/mol. The van der Waals surface area contributed by atoms with Crippen molar-refractivity contribution in [3.05, 3.63) is 65.5 Å². The summed E-state index contributed by atoms with van der Waals surface area (Å²) in [5.41, 5.74) is 1.94. The Hall–Kier alpha value is -2.98. The molecular formula is C23H31FN4O4S. The summed E-state index contributed by atoms with van der Waals surface area (Å²) >= 11 is 0. The smallest absolute Gasteiger partial charge is 0.304 e. The number of aryl methyl sites for hydroxylation is 1. The van der Waals surface area contributed by atoms with E-state index >= 15 is 0 Å². The van der Waals surface area contributed by atoms with Crippen molar-refractivity contribution >= 4 is 27.7 Å². The van der Waals surface area contributed by atoms with Gasteiger partial charge in [0.2, 0.25) is 11.8 Å². The number of likely N-dealkylation sites (N-methyl/N-ethyl adjacent to an activating group) is 1. The molecule has 0 aliphatic carbocycles. The van der Waals surface area contributed by atoms with E-state index in [0.717, 1.165) is 31.9 Å². The van der Waals surface area contributed by atoms with Gasteiger partial charge in [-0.3, -0.25) is 9.59 Å². The fourth-order valence-corrected chi connectivity index (χ4v) is 4.29. The lowest BCUT2D eigenvalue weighted by Crippen LogP contribution is -2.52. The number of nitrogens with one attached hydrogen (secondary N) is 1. The van der Waals surface area contributed by atoms with E-state index in [1.165, 1.54) is 31.1 Å². The van der Waals surface area contributed by atoms with E-state index < -0.39 is 34.5 Å². The van der Waals surface area contributed by atoms with Crippen LogP contribution in [0.2, 0.25) is 0 Å². The predicted molar refractivity (Wildman–Crippen MR) is 126 cm³/mol. The Kier molecular flexibility index (Phi) is 8.95. The zero-order chi connectivity index (χ0) is 24.8. The lowest BCUT2D eigenvalue weighted by Gasteiger charge is -2.32. The van der Waals surface area contributed by atoms with Gasteiger partial charge in [0, 0.05) is 27.2 Å². The second-order valence-electron chi connectivity index (χ2n) is 7.85. The predicted octanol–water partition coefficient (Wildman–Crippen LogP) is 2.30. The van der Waals surface area contributed by atoms with E-state index in [9.17, 15) is 22.4 Å². The summed E-state index contributed by atoms with van der Waals surface area (Å²) in [5, 5.41) is 2.70. The lowest BCUT2D eigenvalue weighted by molar-refractivity contribution is -0.139. The van der Waals surface area contributed by atoms with Crippen molar-refractivity contribution in [3.63, 3.8) is 0 Å². The van der Waals surface area contributed by atoms with Gasteiger partial charge in [-0.25, -0.2) is 8.70 Å². The highest BCUT2D eigenvalue weighted by atomic mass is 32.2. The number of halogens is 1. The standard InChI is InChI=1S/C23H31FN4O4S/c1-6-25-23(30)18(3)27(15-19-9-7-8-17(2)14-19)22(29)16-28(33(31,32)26(4)5)21-12-10-20(24)11-13-21/h7-14,18H,6,15-16H2,1-5H3,(H,25,30)/t18-/m0/s1. The second-order valence-corrected chi connectivity index (χ2v) is 9.92. The topological polar surface area (TPSA) is 90.0 Å². The van der Waals surface area contributed by atoms with Crippen LogP contribution in [-0.4, -0.2) is 62.7 Å². The minimum absolute atomic E-state index is 0.123. The molecule has 180 valence electrons. The van der Waals surface area contributed by atoms with Crippen molar-refractivity contribution in [2.24, 2.45) is 0 Å². The Morgan fingerprint density at radius 2 is 1.73 bits per heavy atom. The summed E-state index contributed by atoms with van der Waals surface area (Å²) in [5.74, 6) is -1.44. The number of carbonyl (C=O) groups excluding carboxylic acids is 2. The first-order chi connectivity index (χ1) is 15.5. The van der Waals surface area contributed by atoms with Gasteiger partial charge in [-0.15, -0.1) is 0 Å². The van der Waals surface area contributed by atoms with Gasteiger partial charge in [0.1, 0.15) is 18.4 Å². The molecule has 0 aliphatic rings. The number of benzene rings is 2. The molecule has 0 heterocycles. The Labute approximate surface area is 195 Å². The molecule has 10 heteroatoms. The van der Waals surface area contributed by atoms with Crippen molar-refractivity contribution in [1.82, 2.24) is 14.5 Å². The highest BCUT2D eigenvalue weighted by Gasteiger charge is 2.32. The molecule has 0 saturated heterocycles. The Balaban J connectivity index is 2.44. The normalized spacial score (nSPS) is 12.3. The number of amides is 2. The van der Waals surface area contributed by atoms with Gasteiger partial charge < -0.3 is 10.2 Å². The number of hydrogen-bond acceptors (Lipinski definition) is 4. The van der Waals surface area contributed by atoms with Gasteiger partial charge in [-0.05, 0) is 50.6 Å². The molecule has 0 radical (unpaired) electrons. The van der Waals surface area contributed by atoms with Crippen LogP contribution in [-0.2, 0) is 26.3 Å². The second kappa shape index (κ2) is 11.2. The lowest BCUT2D eigenvalue weighted by atomic mass is 10.1. The molecule has 2 amide bonds. The van der Waals surface area contributed by atoms with Gasteiger partial charge in [0.05, 0.1) is 5.69 Å². The molecule has 0 fully saturated rings. The van der Waals surface area contributed by atoms with Crippen LogP contribution in [0.5, 0.6) is 0 Å². The van der Waals surface area contributed by atoms with E-state index in [2.05, 4.69) is 5.32 Å². The molecule has 1 atom stereocenters. The molecule has 0 saturated carbocycles. The average Bonchev–Trinajstić information content (AvgIpc) is 2.76. The number of carbonyl (C=O) groups is 2. The van der Waals surface area contributed by atoms with Crippen molar-refractivity contribution in [1.29, 1.82) is 0 Å². The quantitative estimate of drug-likeness (QED) is 0.568. The first-order valence-corrected chi connectivity index (χ1v) is 12.0. The molecule has 0 aliphatic heterocycles. The van der Waals surface area contributed by atoms with E-state index in [-0.39, 0.29) is 18.1 Å². The maximum absolute atomic E-state index is 13.4. The van der Waals surface area contributed by atoms with Crippen LogP contribution in [0.3, 0.4) is 0 Å². The third kappa shape index (κ3) is 6.75. The van der Waals surface area contributed by atoms with Crippen molar-refractivity contribution in [2.75, 3.05) is 31.5 Å². The van der Waals surface area contributed by atoms with Gasteiger partial charge in [-0.2, -0.15) is 12.7 Å². The summed E-state index contributed by atoms with van der Waals surface area (Å²) in [6.45, 7) is 5.26. The maximum atomic E-state index is 13.4. The number of hydrogen-bond donors (Lipinski definition) is 1. The first kappa shape index (κ1) is 26.3. The fourth-order valence-electron chi connectivity index (χ4n) is 3.24. The number of nitrogens with zero attached hydrogens (tertiary/aromatic N) is 3. The van der Waals surface area contributed by atoms with Crippen LogP contribution in [0.4, 0.5) is 10.1 Å². The van der Waals surface area contributed by atoms with E-state index in [0.29, 0.717) is 6.54 Å².